The number of fused-ring (bicyclic) bond motifs is 1. The maximum absolute atomic E-state index is 5.76. The molecule has 0 aliphatic carbocycles. The van der Waals surface area contributed by atoms with Crippen LogP contribution in [0, 0.1) is 0 Å². The number of ether oxygens (including phenoxy) is 2. The maximum Gasteiger partial charge on any atom is 0.125 e. The summed E-state index contributed by atoms with van der Waals surface area (Å²) in [7, 11) is 0. The molecule has 0 bridgehead atoms. The Morgan fingerprint density at radius 2 is 2.25 bits per heavy atom. The van der Waals surface area contributed by atoms with Gasteiger partial charge < -0.3 is 9.47 Å². The standard InChI is InChI=1S/C15H19N3O2/c1-2-19-11-14-15-13(5-8-20-14)10-18(17-15)9-12-3-6-16-7-4-12/h3-4,6-7,10,14H,2,5,8-9,11H2,1H3/t14-/m0/s1. The van der Waals surface area contributed by atoms with E-state index in [1.54, 1.807) is 12.4 Å². The first kappa shape index (κ1) is 13.3. The van der Waals surface area contributed by atoms with Crippen molar-refractivity contribution in [2.75, 3.05) is 19.8 Å². The SMILES string of the molecule is CCOC[C@@H]1OCCc2cn(Cc3ccncc3)nc21. The Balaban J connectivity index is 1.77. The molecule has 0 N–H and O–H groups in total. The third-order valence-corrected chi connectivity index (χ3v) is 3.43. The Kier molecular flexibility index (Phi) is 4.08. The number of pyridine rings is 1. The molecule has 5 heteroatoms. The second-order valence-corrected chi connectivity index (χ2v) is 4.86. The molecule has 0 saturated heterocycles. The monoisotopic (exact) mass is 273 g/mol. The summed E-state index contributed by atoms with van der Waals surface area (Å²) in [4.78, 5) is 4.03. The van der Waals surface area contributed by atoms with Gasteiger partial charge in [0, 0.05) is 25.2 Å². The van der Waals surface area contributed by atoms with Crippen LogP contribution in [0.4, 0.5) is 0 Å². The molecule has 3 heterocycles. The van der Waals surface area contributed by atoms with E-state index in [9.17, 15) is 0 Å². The van der Waals surface area contributed by atoms with E-state index in [-0.39, 0.29) is 6.10 Å². The Labute approximate surface area is 118 Å². The summed E-state index contributed by atoms with van der Waals surface area (Å²) in [6, 6.07) is 4.02. The fraction of sp³-hybridized carbons (Fsp3) is 0.467. The van der Waals surface area contributed by atoms with Crippen molar-refractivity contribution in [3.8, 4) is 0 Å². The van der Waals surface area contributed by atoms with Gasteiger partial charge in [0.15, 0.2) is 0 Å². The molecule has 0 unspecified atom stereocenters. The zero-order valence-corrected chi connectivity index (χ0v) is 11.7. The fourth-order valence-electron chi connectivity index (χ4n) is 2.44. The molecule has 0 saturated carbocycles. The van der Waals surface area contributed by atoms with Crippen molar-refractivity contribution >= 4 is 0 Å². The van der Waals surface area contributed by atoms with Crippen LogP contribution < -0.4 is 0 Å². The Hall–Kier alpha value is -1.72. The van der Waals surface area contributed by atoms with Gasteiger partial charge in [-0.05, 0) is 36.6 Å². The smallest absolute Gasteiger partial charge is 0.125 e. The van der Waals surface area contributed by atoms with Crippen LogP contribution in [0.15, 0.2) is 30.7 Å². The van der Waals surface area contributed by atoms with Crippen molar-refractivity contribution in [3.05, 3.63) is 47.5 Å². The van der Waals surface area contributed by atoms with Crippen LogP contribution in [-0.2, 0) is 22.4 Å². The highest BCUT2D eigenvalue weighted by atomic mass is 16.5. The summed E-state index contributed by atoms with van der Waals surface area (Å²) in [6.07, 6.45) is 6.63. The fourth-order valence-corrected chi connectivity index (χ4v) is 2.44. The number of hydrogen-bond donors (Lipinski definition) is 0. The molecule has 1 aliphatic rings. The van der Waals surface area contributed by atoms with E-state index in [2.05, 4.69) is 16.3 Å². The Morgan fingerprint density at radius 3 is 3.05 bits per heavy atom. The second kappa shape index (κ2) is 6.15. The Morgan fingerprint density at radius 1 is 1.40 bits per heavy atom. The predicted molar refractivity (Wildman–Crippen MR) is 74.5 cm³/mol. The van der Waals surface area contributed by atoms with Gasteiger partial charge in [-0.25, -0.2) is 0 Å². The predicted octanol–water partition coefficient (Wildman–Crippen LogP) is 1.98. The van der Waals surface area contributed by atoms with Crippen LogP contribution in [0.2, 0.25) is 0 Å². The summed E-state index contributed by atoms with van der Waals surface area (Å²) >= 11 is 0. The van der Waals surface area contributed by atoms with E-state index in [0.29, 0.717) is 13.2 Å². The molecule has 3 rings (SSSR count). The lowest BCUT2D eigenvalue weighted by Gasteiger charge is -2.21. The summed E-state index contributed by atoms with van der Waals surface area (Å²) in [5, 5.41) is 4.67. The first-order chi connectivity index (χ1) is 9.86. The van der Waals surface area contributed by atoms with Gasteiger partial charge in [-0.1, -0.05) is 0 Å². The third-order valence-electron chi connectivity index (χ3n) is 3.43. The van der Waals surface area contributed by atoms with Crippen molar-refractivity contribution in [1.29, 1.82) is 0 Å². The van der Waals surface area contributed by atoms with Gasteiger partial charge in [-0.2, -0.15) is 5.10 Å². The molecule has 1 aliphatic heterocycles. The molecule has 1 atom stereocenters. The van der Waals surface area contributed by atoms with Crippen LogP contribution in [0.5, 0.6) is 0 Å². The topological polar surface area (TPSA) is 49.2 Å². The first-order valence-corrected chi connectivity index (χ1v) is 7.01. The second-order valence-electron chi connectivity index (χ2n) is 4.86. The molecule has 0 aromatic carbocycles. The number of aromatic nitrogens is 3. The van der Waals surface area contributed by atoms with Crippen LogP contribution in [0.1, 0.15) is 29.8 Å². The lowest BCUT2D eigenvalue weighted by atomic mass is 10.1. The van der Waals surface area contributed by atoms with Gasteiger partial charge in [-0.3, -0.25) is 9.67 Å². The van der Waals surface area contributed by atoms with Gasteiger partial charge in [0.05, 0.1) is 25.5 Å². The maximum atomic E-state index is 5.76. The molecule has 20 heavy (non-hydrogen) atoms. The summed E-state index contributed by atoms with van der Waals surface area (Å²) in [6.45, 7) is 4.77. The number of nitrogens with zero attached hydrogens (tertiary/aromatic N) is 3. The van der Waals surface area contributed by atoms with E-state index in [0.717, 1.165) is 25.3 Å². The first-order valence-electron chi connectivity index (χ1n) is 7.01. The molecule has 0 spiro atoms. The summed E-state index contributed by atoms with van der Waals surface area (Å²) < 4.78 is 13.2. The molecule has 0 fully saturated rings. The average Bonchev–Trinajstić information content (AvgIpc) is 2.89. The van der Waals surface area contributed by atoms with Crippen molar-refractivity contribution in [3.63, 3.8) is 0 Å². The highest BCUT2D eigenvalue weighted by Gasteiger charge is 2.24. The zero-order chi connectivity index (χ0) is 13.8. The third kappa shape index (κ3) is 2.89. The normalized spacial score (nSPS) is 17.9. The summed E-state index contributed by atoms with van der Waals surface area (Å²) in [5.41, 5.74) is 3.50. The van der Waals surface area contributed by atoms with Crippen molar-refractivity contribution in [2.24, 2.45) is 0 Å². The van der Waals surface area contributed by atoms with Crippen molar-refractivity contribution in [2.45, 2.75) is 26.0 Å². The van der Waals surface area contributed by atoms with Gasteiger partial charge >= 0.3 is 0 Å². The molecule has 2 aromatic rings. The molecular formula is C15H19N3O2. The van der Waals surface area contributed by atoms with Gasteiger partial charge in [-0.15, -0.1) is 0 Å². The minimum absolute atomic E-state index is 0.0302. The van der Waals surface area contributed by atoms with Crippen LogP contribution in [-0.4, -0.2) is 34.6 Å². The zero-order valence-electron chi connectivity index (χ0n) is 11.7. The highest BCUT2D eigenvalue weighted by Crippen LogP contribution is 2.26. The van der Waals surface area contributed by atoms with Gasteiger partial charge in [0.25, 0.3) is 0 Å². The average molecular weight is 273 g/mol. The van der Waals surface area contributed by atoms with E-state index in [1.165, 1.54) is 11.1 Å². The minimum Gasteiger partial charge on any atom is -0.379 e. The molecule has 0 amide bonds. The van der Waals surface area contributed by atoms with E-state index >= 15 is 0 Å². The number of hydrogen-bond acceptors (Lipinski definition) is 4. The highest BCUT2D eigenvalue weighted by molar-refractivity contribution is 5.23. The molecule has 5 nitrogen and oxygen atoms in total. The van der Waals surface area contributed by atoms with Gasteiger partial charge in [0.1, 0.15) is 6.10 Å². The van der Waals surface area contributed by atoms with Crippen molar-refractivity contribution in [1.82, 2.24) is 14.8 Å². The van der Waals surface area contributed by atoms with E-state index in [4.69, 9.17) is 9.47 Å². The quantitative estimate of drug-likeness (QED) is 0.836. The van der Waals surface area contributed by atoms with Gasteiger partial charge in [0.2, 0.25) is 0 Å². The molecule has 2 aromatic heterocycles. The van der Waals surface area contributed by atoms with Crippen LogP contribution in [0.3, 0.4) is 0 Å². The van der Waals surface area contributed by atoms with E-state index < -0.39 is 0 Å². The lowest BCUT2D eigenvalue weighted by molar-refractivity contribution is -0.0244. The van der Waals surface area contributed by atoms with Crippen LogP contribution >= 0.6 is 0 Å². The lowest BCUT2D eigenvalue weighted by Crippen LogP contribution is -2.20. The van der Waals surface area contributed by atoms with Crippen LogP contribution in [0.25, 0.3) is 0 Å². The molecular weight excluding hydrogens is 254 g/mol. The molecule has 0 radical (unpaired) electrons. The molecule has 106 valence electrons. The van der Waals surface area contributed by atoms with Crippen molar-refractivity contribution < 1.29 is 9.47 Å². The minimum atomic E-state index is -0.0302. The largest absolute Gasteiger partial charge is 0.379 e. The number of rotatable bonds is 5. The summed E-state index contributed by atoms with van der Waals surface area (Å²) in [5.74, 6) is 0. The Bertz CT molecular complexity index is 554. The van der Waals surface area contributed by atoms with E-state index in [1.807, 2.05) is 23.7 Å².